The number of likely N-dealkylation sites (N-methyl/N-ethyl adjacent to an activating group) is 1. The van der Waals surface area contributed by atoms with E-state index in [1.54, 1.807) is 19.1 Å². The smallest absolute Gasteiger partial charge is 0.268 e. The van der Waals surface area contributed by atoms with E-state index in [1.807, 2.05) is 54.6 Å². The van der Waals surface area contributed by atoms with E-state index < -0.39 is 5.60 Å². The highest BCUT2D eigenvalue weighted by atomic mass is 16.5. The van der Waals surface area contributed by atoms with Gasteiger partial charge in [0.15, 0.2) is 5.60 Å². The number of fused-ring (bicyclic) bond motifs is 1. The van der Waals surface area contributed by atoms with Crippen LogP contribution in [-0.4, -0.2) is 20.1 Å². The summed E-state index contributed by atoms with van der Waals surface area (Å²) in [4.78, 5) is 14.4. The standard InChI is InChI=1S/C16H15NO2/c1-17-14-11-7-6-10-13(14)16(19-2,15(17)18)12-8-4-3-5-9-12/h3-11H,1-2H3/t16-/m0/s1. The summed E-state index contributed by atoms with van der Waals surface area (Å²) < 4.78 is 5.70. The molecule has 0 bridgehead atoms. The van der Waals surface area contributed by atoms with Crippen LogP contribution in [-0.2, 0) is 15.1 Å². The number of amides is 1. The fraction of sp³-hybridized carbons (Fsp3) is 0.188. The number of methoxy groups -OCH3 is 1. The van der Waals surface area contributed by atoms with Gasteiger partial charge >= 0.3 is 0 Å². The summed E-state index contributed by atoms with van der Waals surface area (Å²) in [5, 5.41) is 0. The Morgan fingerprint density at radius 3 is 2.32 bits per heavy atom. The maximum absolute atomic E-state index is 12.7. The van der Waals surface area contributed by atoms with Crippen LogP contribution in [0, 0.1) is 0 Å². The molecule has 2 aromatic carbocycles. The van der Waals surface area contributed by atoms with Crippen LogP contribution >= 0.6 is 0 Å². The van der Waals surface area contributed by atoms with E-state index in [4.69, 9.17) is 4.74 Å². The Morgan fingerprint density at radius 2 is 1.63 bits per heavy atom. The summed E-state index contributed by atoms with van der Waals surface area (Å²) >= 11 is 0. The zero-order valence-electron chi connectivity index (χ0n) is 11.0. The molecule has 0 N–H and O–H groups in total. The lowest BCUT2D eigenvalue weighted by Crippen LogP contribution is -2.41. The van der Waals surface area contributed by atoms with Gasteiger partial charge in [0.25, 0.3) is 5.91 Å². The number of benzene rings is 2. The molecule has 0 unspecified atom stereocenters. The quantitative estimate of drug-likeness (QED) is 0.823. The van der Waals surface area contributed by atoms with Gasteiger partial charge in [0.2, 0.25) is 0 Å². The van der Waals surface area contributed by atoms with E-state index in [9.17, 15) is 4.79 Å². The SMILES string of the molecule is CO[C@]1(c2ccccc2)C(=O)N(C)c2ccccc21. The van der Waals surface area contributed by atoms with Crippen molar-refractivity contribution in [1.29, 1.82) is 0 Å². The van der Waals surface area contributed by atoms with Crippen molar-refractivity contribution in [3.05, 3.63) is 65.7 Å². The molecule has 0 saturated carbocycles. The van der Waals surface area contributed by atoms with Crippen molar-refractivity contribution in [2.45, 2.75) is 5.60 Å². The molecule has 96 valence electrons. The van der Waals surface area contributed by atoms with E-state index in [-0.39, 0.29) is 5.91 Å². The van der Waals surface area contributed by atoms with Crippen LogP contribution in [0.1, 0.15) is 11.1 Å². The third kappa shape index (κ3) is 1.45. The van der Waals surface area contributed by atoms with Gasteiger partial charge in [0.05, 0.1) is 5.69 Å². The number of para-hydroxylation sites is 1. The lowest BCUT2D eigenvalue weighted by Gasteiger charge is -2.27. The Kier molecular flexibility index (Phi) is 2.64. The number of hydrogen-bond acceptors (Lipinski definition) is 2. The molecule has 0 fully saturated rings. The van der Waals surface area contributed by atoms with Crippen LogP contribution in [0.15, 0.2) is 54.6 Å². The van der Waals surface area contributed by atoms with Crippen molar-refractivity contribution in [3.63, 3.8) is 0 Å². The van der Waals surface area contributed by atoms with Crippen molar-refractivity contribution >= 4 is 11.6 Å². The third-order valence-corrected chi connectivity index (χ3v) is 3.74. The molecule has 1 heterocycles. The summed E-state index contributed by atoms with van der Waals surface area (Å²) in [6.07, 6.45) is 0. The van der Waals surface area contributed by atoms with E-state index >= 15 is 0 Å². The predicted molar refractivity (Wildman–Crippen MR) is 74.1 cm³/mol. The predicted octanol–water partition coefficient (Wildman–Crippen LogP) is 2.55. The maximum Gasteiger partial charge on any atom is 0.268 e. The third-order valence-electron chi connectivity index (χ3n) is 3.74. The molecule has 3 nitrogen and oxygen atoms in total. The van der Waals surface area contributed by atoms with Crippen molar-refractivity contribution in [2.75, 3.05) is 19.1 Å². The molecule has 0 spiro atoms. The number of carbonyl (C=O) groups excluding carboxylic acids is 1. The number of hydrogen-bond donors (Lipinski definition) is 0. The Hall–Kier alpha value is -2.13. The first-order valence-corrected chi connectivity index (χ1v) is 6.20. The van der Waals surface area contributed by atoms with Crippen LogP contribution < -0.4 is 4.90 Å². The van der Waals surface area contributed by atoms with Crippen LogP contribution in [0.3, 0.4) is 0 Å². The minimum atomic E-state index is -1.02. The molecule has 0 aliphatic carbocycles. The second-order valence-electron chi connectivity index (χ2n) is 4.63. The summed E-state index contributed by atoms with van der Waals surface area (Å²) in [6.45, 7) is 0. The summed E-state index contributed by atoms with van der Waals surface area (Å²) in [5.74, 6) is -0.0533. The monoisotopic (exact) mass is 253 g/mol. The topological polar surface area (TPSA) is 29.5 Å². The second-order valence-corrected chi connectivity index (χ2v) is 4.63. The Bertz CT molecular complexity index is 624. The van der Waals surface area contributed by atoms with Crippen LogP contribution in [0.4, 0.5) is 5.69 Å². The highest BCUT2D eigenvalue weighted by Gasteiger charge is 2.51. The summed E-state index contributed by atoms with van der Waals surface area (Å²) in [7, 11) is 3.37. The Morgan fingerprint density at radius 1 is 1.00 bits per heavy atom. The maximum atomic E-state index is 12.7. The van der Waals surface area contributed by atoms with Gasteiger partial charge in [0.1, 0.15) is 0 Å². The van der Waals surface area contributed by atoms with Gasteiger partial charge in [-0.15, -0.1) is 0 Å². The van der Waals surface area contributed by atoms with Gasteiger partial charge in [-0.25, -0.2) is 0 Å². The van der Waals surface area contributed by atoms with Crippen molar-refractivity contribution in [3.8, 4) is 0 Å². The van der Waals surface area contributed by atoms with Crippen molar-refractivity contribution in [1.82, 2.24) is 0 Å². The lowest BCUT2D eigenvalue weighted by molar-refractivity contribution is -0.134. The van der Waals surface area contributed by atoms with Gasteiger partial charge in [-0.2, -0.15) is 0 Å². The van der Waals surface area contributed by atoms with Gasteiger partial charge in [0, 0.05) is 19.7 Å². The zero-order valence-corrected chi connectivity index (χ0v) is 11.0. The molecular formula is C16H15NO2. The first-order valence-electron chi connectivity index (χ1n) is 6.20. The molecule has 0 aromatic heterocycles. The van der Waals surface area contributed by atoms with Crippen molar-refractivity contribution < 1.29 is 9.53 Å². The van der Waals surface area contributed by atoms with Crippen LogP contribution in [0.5, 0.6) is 0 Å². The Balaban J connectivity index is 2.30. The Labute approximate surface area is 112 Å². The number of nitrogens with zero attached hydrogens (tertiary/aromatic N) is 1. The first-order chi connectivity index (χ1) is 9.21. The van der Waals surface area contributed by atoms with Gasteiger partial charge in [-0.05, 0) is 11.6 Å². The van der Waals surface area contributed by atoms with E-state index in [0.717, 1.165) is 16.8 Å². The molecule has 3 heteroatoms. The molecule has 0 saturated heterocycles. The average Bonchev–Trinajstić information content (AvgIpc) is 2.70. The second kappa shape index (κ2) is 4.21. The molecular weight excluding hydrogens is 238 g/mol. The molecule has 1 atom stereocenters. The summed E-state index contributed by atoms with van der Waals surface area (Å²) in [5.41, 5.74) is 1.64. The van der Waals surface area contributed by atoms with Gasteiger partial charge in [-0.1, -0.05) is 48.5 Å². The number of ether oxygens (including phenoxy) is 1. The molecule has 19 heavy (non-hydrogen) atoms. The number of rotatable bonds is 2. The fourth-order valence-electron chi connectivity index (χ4n) is 2.79. The lowest BCUT2D eigenvalue weighted by atomic mass is 9.87. The first kappa shape index (κ1) is 11.9. The normalized spacial score (nSPS) is 21.6. The molecule has 1 aliphatic heterocycles. The number of anilines is 1. The molecule has 3 rings (SSSR count). The van der Waals surface area contributed by atoms with Crippen LogP contribution in [0.2, 0.25) is 0 Å². The minimum absolute atomic E-state index is 0.0533. The van der Waals surface area contributed by atoms with E-state index in [0.29, 0.717) is 0 Å². The molecule has 2 aromatic rings. The summed E-state index contributed by atoms with van der Waals surface area (Å²) in [6, 6.07) is 17.4. The molecule has 0 radical (unpaired) electrons. The molecule has 1 aliphatic rings. The minimum Gasteiger partial charge on any atom is -0.359 e. The van der Waals surface area contributed by atoms with Gasteiger partial charge in [-0.3, -0.25) is 4.79 Å². The van der Waals surface area contributed by atoms with Crippen molar-refractivity contribution in [2.24, 2.45) is 0 Å². The largest absolute Gasteiger partial charge is 0.359 e. The zero-order chi connectivity index (χ0) is 13.5. The fourth-order valence-corrected chi connectivity index (χ4v) is 2.79. The highest BCUT2D eigenvalue weighted by Crippen LogP contribution is 2.45. The van der Waals surface area contributed by atoms with Gasteiger partial charge < -0.3 is 9.64 Å². The average molecular weight is 253 g/mol. The van der Waals surface area contributed by atoms with Crippen LogP contribution in [0.25, 0.3) is 0 Å². The van der Waals surface area contributed by atoms with E-state index in [1.165, 1.54) is 0 Å². The highest BCUT2D eigenvalue weighted by molar-refractivity contribution is 6.08. The molecule has 1 amide bonds. The number of carbonyl (C=O) groups is 1. The van der Waals surface area contributed by atoms with E-state index in [2.05, 4.69) is 0 Å².